The molecule has 1 aliphatic carbocycles. The monoisotopic (exact) mass is 281 g/mol. The number of hydrogen-bond acceptors (Lipinski definition) is 3. The largest absolute Gasteiger partial charge is 0.467 e. The molecule has 0 spiro atoms. The Bertz CT molecular complexity index is 442. The van der Waals surface area contributed by atoms with Gasteiger partial charge in [-0.1, -0.05) is 30.7 Å². The fourth-order valence-electron chi connectivity index (χ4n) is 2.55. The molecule has 1 saturated carbocycles. The van der Waals surface area contributed by atoms with Gasteiger partial charge in [0.05, 0.1) is 7.11 Å². The van der Waals surface area contributed by atoms with Gasteiger partial charge in [-0.3, -0.25) is 5.32 Å². The highest BCUT2D eigenvalue weighted by molar-refractivity contribution is 6.30. The van der Waals surface area contributed by atoms with Gasteiger partial charge >= 0.3 is 5.97 Å². The smallest absolute Gasteiger partial charge is 0.331 e. The topological polar surface area (TPSA) is 38.3 Å². The molecule has 4 heteroatoms. The summed E-state index contributed by atoms with van der Waals surface area (Å²) in [7, 11) is 1.45. The summed E-state index contributed by atoms with van der Waals surface area (Å²) in [6.45, 7) is 2.87. The zero-order valence-electron chi connectivity index (χ0n) is 11.4. The third-order valence-corrected chi connectivity index (χ3v) is 3.90. The lowest BCUT2D eigenvalue weighted by molar-refractivity contribution is -0.150. The normalized spacial score (nSPS) is 17.8. The molecule has 0 saturated heterocycles. The van der Waals surface area contributed by atoms with Crippen LogP contribution in [0.15, 0.2) is 24.3 Å². The van der Waals surface area contributed by atoms with Crippen molar-refractivity contribution < 1.29 is 9.53 Å². The summed E-state index contributed by atoms with van der Waals surface area (Å²) in [5, 5.41) is 4.09. The van der Waals surface area contributed by atoms with E-state index >= 15 is 0 Å². The standard InChI is InChI=1S/C15H20ClNO2/c1-3-10-17-15(11-4-5-11,14(18)19-2)12-6-8-13(16)9-7-12/h6-9,11,17H,3-5,10H2,1-2H3. The average Bonchev–Trinajstić information content (AvgIpc) is 3.26. The second kappa shape index (κ2) is 5.93. The SMILES string of the molecule is CCCNC(C(=O)OC)(c1ccc(Cl)cc1)C1CC1. The molecule has 2 rings (SSSR count). The predicted octanol–water partition coefficient (Wildman–Crippen LogP) is 3.12. The van der Waals surface area contributed by atoms with Crippen molar-refractivity contribution in [3.8, 4) is 0 Å². The Morgan fingerprint density at radius 3 is 2.53 bits per heavy atom. The Labute approximate surface area is 119 Å². The van der Waals surface area contributed by atoms with Crippen LogP contribution in [0.2, 0.25) is 5.02 Å². The van der Waals surface area contributed by atoms with Crippen LogP contribution in [-0.2, 0) is 15.1 Å². The van der Waals surface area contributed by atoms with Crippen molar-refractivity contribution >= 4 is 17.6 Å². The third kappa shape index (κ3) is 2.77. The van der Waals surface area contributed by atoms with Gasteiger partial charge in [0, 0.05) is 5.02 Å². The lowest BCUT2D eigenvalue weighted by Crippen LogP contribution is -2.52. The number of carbonyl (C=O) groups excluding carboxylic acids is 1. The summed E-state index contributed by atoms with van der Waals surface area (Å²) in [5.74, 6) is 0.110. The van der Waals surface area contributed by atoms with Crippen molar-refractivity contribution in [1.82, 2.24) is 5.32 Å². The quantitative estimate of drug-likeness (QED) is 0.814. The third-order valence-electron chi connectivity index (χ3n) is 3.65. The maximum Gasteiger partial charge on any atom is 0.331 e. The fraction of sp³-hybridized carbons (Fsp3) is 0.533. The number of esters is 1. The molecular formula is C15H20ClNO2. The van der Waals surface area contributed by atoms with E-state index < -0.39 is 5.54 Å². The minimum atomic E-state index is -0.713. The first-order chi connectivity index (χ1) is 9.15. The predicted molar refractivity (Wildman–Crippen MR) is 76.2 cm³/mol. The van der Waals surface area contributed by atoms with E-state index in [-0.39, 0.29) is 5.97 Å². The lowest BCUT2D eigenvalue weighted by atomic mass is 9.84. The van der Waals surface area contributed by atoms with Crippen molar-refractivity contribution in [3.63, 3.8) is 0 Å². The highest BCUT2D eigenvalue weighted by Gasteiger charge is 2.52. The number of carbonyl (C=O) groups is 1. The van der Waals surface area contributed by atoms with Crippen molar-refractivity contribution in [2.24, 2.45) is 5.92 Å². The lowest BCUT2D eigenvalue weighted by Gasteiger charge is -2.33. The van der Waals surface area contributed by atoms with Crippen LogP contribution in [0.25, 0.3) is 0 Å². The highest BCUT2D eigenvalue weighted by Crippen LogP contribution is 2.46. The van der Waals surface area contributed by atoms with Crippen molar-refractivity contribution in [2.45, 2.75) is 31.7 Å². The second-order valence-electron chi connectivity index (χ2n) is 5.01. The summed E-state index contributed by atoms with van der Waals surface area (Å²) in [6.07, 6.45) is 3.07. The fourth-order valence-corrected chi connectivity index (χ4v) is 2.68. The van der Waals surface area contributed by atoms with Crippen LogP contribution < -0.4 is 5.32 Å². The molecule has 1 unspecified atom stereocenters. The minimum Gasteiger partial charge on any atom is -0.467 e. The van der Waals surface area contributed by atoms with Crippen LogP contribution in [0, 0.1) is 5.92 Å². The molecule has 1 aromatic carbocycles. The van der Waals surface area contributed by atoms with E-state index in [1.54, 1.807) is 0 Å². The number of rotatable bonds is 6. The Morgan fingerprint density at radius 1 is 1.42 bits per heavy atom. The molecule has 1 fully saturated rings. The molecule has 0 aliphatic heterocycles. The molecule has 3 nitrogen and oxygen atoms in total. The Hall–Kier alpha value is -1.06. The summed E-state index contributed by atoms with van der Waals surface area (Å²) < 4.78 is 5.06. The van der Waals surface area contributed by atoms with E-state index in [2.05, 4.69) is 12.2 Å². The number of ether oxygens (including phenoxy) is 1. The first-order valence-corrected chi connectivity index (χ1v) is 7.12. The van der Waals surface area contributed by atoms with Gasteiger partial charge < -0.3 is 4.74 Å². The minimum absolute atomic E-state index is 0.203. The van der Waals surface area contributed by atoms with Crippen molar-refractivity contribution in [2.75, 3.05) is 13.7 Å². The van der Waals surface area contributed by atoms with Gasteiger partial charge in [0.15, 0.2) is 0 Å². The van der Waals surface area contributed by atoms with Gasteiger partial charge in [0.25, 0.3) is 0 Å². The molecule has 0 aromatic heterocycles. The Kier molecular flexibility index (Phi) is 4.48. The summed E-state index contributed by atoms with van der Waals surface area (Å²) in [5.41, 5.74) is 0.231. The van der Waals surface area contributed by atoms with Gasteiger partial charge in [-0.25, -0.2) is 4.79 Å². The van der Waals surface area contributed by atoms with E-state index in [0.29, 0.717) is 10.9 Å². The zero-order chi connectivity index (χ0) is 13.9. The van der Waals surface area contributed by atoms with E-state index in [0.717, 1.165) is 31.4 Å². The van der Waals surface area contributed by atoms with Gasteiger partial charge in [0.2, 0.25) is 0 Å². The first-order valence-electron chi connectivity index (χ1n) is 6.74. The molecular weight excluding hydrogens is 262 g/mol. The highest BCUT2D eigenvalue weighted by atomic mass is 35.5. The molecule has 0 bridgehead atoms. The summed E-state index contributed by atoms with van der Waals surface area (Å²) >= 11 is 5.94. The maximum absolute atomic E-state index is 12.4. The van der Waals surface area contributed by atoms with Crippen LogP contribution in [0.5, 0.6) is 0 Å². The molecule has 0 amide bonds. The second-order valence-corrected chi connectivity index (χ2v) is 5.44. The molecule has 1 N–H and O–H groups in total. The number of nitrogens with one attached hydrogen (secondary N) is 1. The number of hydrogen-bond donors (Lipinski definition) is 1. The molecule has 104 valence electrons. The Balaban J connectivity index is 2.41. The number of halogens is 1. The van der Waals surface area contributed by atoms with Gasteiger partial charge in [-0.05, 0) is 49.4 Å². The van der Waals surface area contributed by atoms with E-state index in [1.807, 2.05) is 24.3 Å². The molecule has 0 heterocycles. The zero-order valence-corrected chi connectivity index (χ0v) is 12.2. The van der Waals surface area contributed by atoms with Gasteiger partial charge in [-0.15, -0.1) is 0 Å². The summed E-state index contributed by atoms with van der Waals surface area (Å²) in [6, 6.07) is 7.48. The van der Waals surface area contributed by atoms with E-state index in [9.17, 15) is 4.79 Å². The van der Waals surface area contributed by atoms with Crippen molar-refractivity contribution in [1.29, 1.82) is 0 Å². The van der Waals surface area contributed by atoms with Crippen LogP contribution in [0.4, 0.5) is 0 Å². The van der Waals surface area contributed by atoms with E-state index in [1.165, 1.54) is 7.11 Å². The Morgan fingerprint density at radius 2 is 2.05 bits per heavy atom. The molecule has 1 aliphatic rings. The van der Waals surface area contributed by atoms with E-state index in [4.69, 9.17) is 16.3 Å². The van der Waals surface area contributed by atoms with Crippen LogP contribution in [0.1, 0.15) is 31.7 Å². The molecule has 0 radical (unpaired) electrons. The van der Waals surface area contributed by atoms with Crippen LogP contribution in [-0.4, -0.2) is 19.6 Å². The molecule has 1 atom stereocenters. The van der Waals surface area contributed by atoms with Crippen LogP contribution >= 0.6 is 11.6 Å². The first kappa shape index (κ1) is 14.4. The number of methoxy groups -OCH3 is 1. The molecule has 19 heavy (non-hydrogen) atoms. The van der Waals surface area contributed by atoms with Crippen molar-refractivity contribution in [3.05, 3.63) is 34.9 Å². The average molecular weight is 282 g/mol. The van der Waals surface area contributed by atoms with Gasteiger partial charge in [-0.2, -0.15) is 0 Å². The number of benzene rings is 1. The van der Waals surface area contributed by atoms with Crippen LogP contribution in [0.3, 0.4) is 0 Å². The molecule has 1 aromatic rings. The summed E-state index contributed by atoms with van der Waals surface area (Å²) in [4.78, 5) is 12.4. The maximum atomic E-state index is 12.4. The van der Waals surface area contributed by atoms with Gasteiger partial charge in [0.1, 0.15) is 5.54 Å².